The molecule has 0 aromatic heterocycles. The van der Waals surface area contributed by atoms with E-state index in [9.17, 15) is 29.4 Å². The minimum atomic E-state index is -1.13. The van der Waals surface area contributed by atoms with Gasteiger partial charge < -0.3 is 19.8 Å². The zero-order chi connectivity index (χ0) is 22.4. The summed E-state index contributed by atoms with van der Waals surface area (Å²) >= 11 is 1.13. The zero-order valence-corrected chi connectivity index (χ0v) is 18.5. The molecule has 10 heteroatoms. The van der Waals surface area contributed by atoms with Gasteiger partial charge in [-0.25, -0.2) is 4.79 Å². The van der Waals surface area contributed by atoms with Crippen LogP contribution in [0.5, 0.6) is 0 Å². The van der Waals surface area contributed by atoms with Gasteiger partial charge in [-0.05, 0) is 46.0 Å². The van der Waals surface area contributed by atoms with E-state index in [4.69, 9.17) is 4.74 Å². The predicted molar refractivity (Wildman–Crippen MR) is 111 cm³/mol. The first-order chi connectivity index (χ1) is 14.2. The molecule has 6 atom stereocenters. The van der Waals surface area contributed by atoms with E-state index in [1.54, 1.807) is 20.8 Å². The summed E-state index contributed by atoms with van der Waals surface area (Å²) in [5.41, 5.74) is 0. The molecule has 1 saturated carbocycles. The van der Waals surface area contributed by atoms with Crippen LogP contribution in [-0.2, 0) is 23.9 Å². The molecule has 3 N–H and O–H groups in total. The number of ether oxygens (including phenoxy) is 1. The molecule has 9 nitrogen and oxygen atoms in total. The fourth-order valence-electron chi connectivity index (χ4n) is 4.35. The first-order valence-electron chi connectivity index (χ1n) is 10.5. The van der Waals surface area contributed by atoms with E-state index in [1.165, 1.54) is 4.90 Å². The van der Waals surface area contributed by atoms with Crippen LogP contribution in [0.3, 0.4) is 0 Å². The van der Waals surface area contributed by atoms with E-state index in [1.807, 2.05) is 0 Å². The topological polar surface area (TPSA) is 133 Å². The molecule has 1 aliphatic carbocycles. The molecule has 1 heterocycles. The van der Waals surface area contributed by atoms with Gasteiger partial charge in [0.1, 0.15) is 12.1 Å². The number of nitrogens with zero attached hydrogens (tertiary/aromatic N) is 1. The number of esters is 1. The van der Waals surface area contributed by atoms with Crippen molar-refractivity contribution in [2.75, 3.05) is 12.4 Å². The lowest BCUT2D eigenvalue weighted by molar-refractivity contribution is -0.151. The van der Waals surface area contributed by atoms with E-state index in [2.05, 4.69) is 5.32 Å². The van der Waals surface area contributed by atoms with Crippen LogP contribution >= 0.6 is 11.8 Å². The molecule has 1 amide bonds. The first kappa shape index (κ1) is 24.5. The summed E-state index contributed by atoms with van der Waals surface area (Å²) in [6.45, 7) is 5.15. The highest BCUT2D eigenvalue weighted by Gasteiger charge is 2.48. The standard InChI is InChI=1S/C20H32N2O7S/c1-4-29-20(28)12(3)30-10-14(18(24)25)21-11(2)17(23)22-15-8-6-5-7-13(15)9-16(22)19(26)27/h11-16,21H,4-10H2,1-3H3,(H,24,25)(H,26,27)/t11-,12?,13-,14-,15-,16-/m0/s1. The number of hydrogen-bond acceptors (Lipinski definition) is 7. The normalized spacial score (nSPS) is 26.4. The van der Waals surface area contributed by atoms with E-state index >= 15 is 0 Å². The number of likely N-dealkylation sites (tertiary alicyclic amines) is 1. The second-order valence-electron chi connectivity index (χ2n) is 7.95. The Kier molecular flexibility index (Phi) is 8.96. The van der Waals surface area contributed by atoms with Gasteiger partial charge in [0.15, 0.2) is 0 Å². The highest BCUT2D eigenvalue weighted by Crippen LogP contribution is 2.40. The fraction of sp³-hybridized carbons (Fsp3) is 0.800. The van der Waals surface area contributed by atoms with Gasteiger partial charge >= 0.3 is 17.9 Å². The van der Waals surface area contributed by atoms with Crippen molar-refractivity contribution in [1.29, 1.82) is 0 Å². The van der Waals surface area contributed by atoms with Gasteiger partial charge in [0.25, 0.3) is 0 Å². The van der Waals surface area contributed by atoms with Crippen molar-refractivity contribution >= 4 is 35.6 Å². The van der Waals surface area contributed by atoms with Crippen molar-refractivity contribution in [2.24, 2.45) is 5.92 Å². The Bertz CT molecular complexity index is 659. The van der Waals surface area contributed by atoms with Crippen LogP contribution in [0.2, 0.25) is 0 Å². The molecule has 2 rings (SSSR count). The second kappa shape index (κ2) is 11.0. The number of hydrogen-bond donors (Lipinski definition) is 3. The van der Waals surface area contributed by atoms with Crippen LogP contribution in [0, 0.1) is 5.92 Å². The molecule has 1 saturated heterocycles. The minimum absolute atomic E-state index is 0.0708. The summed E-state index contributed by atoms with van der Waals surface area (Å²) < 4.78 is 4.92. The number of nitrogens with one attached hydrogen (secondary N) is 1. The predicted octanol–water partition coefficient (Wildman–Crippen LogP) is 1.35. The quantitative estimate of drug-likeness (QED) is 0.427. The van der Waals surface area contributed by atoms with Gasteiger partial charge in [0, 0.05) is 11.8 Å². The van der Waals surface area contributed by atoms with Gasteiger partial charge in [-0.1, -0.05) is 12.8 Å². The summed E-state index contributed by atoms with van der Waals surface area (Å²) in [6.07, 6.45) is 4.15. The molecule has 0 aromatic rings. The average Bonchev–Trinajstić information content (AvgIpc) is 3.09. The Balaban J connectivity index is 2.02. The zero-order valence-electron chi connectivity index (χ0n) is 17.7. The lowest BCUT2D eigenvalue weighted by Crippen LogP contribution is -2.56. The largest absolute Gasteiger partial charge is 0.480 e. The molecule has 1 aliphatic heterocycles. The maximum Gasteiger partial charge on any atom is 0.326 e. The minimum Gasteiger partial charge on any atom is -0.480 e. The summed E-state index contributed by atoms with van der Waals surface area (Å²) in [4.78, 5) is 49.8. The maximum absolute atomic E-state index is 13.1. The Labute approximate surface area is 180 Å². The summed E-state index contributed by atoms with van der Waals surface area (Å²) in [6, 6.07) is -2.87. The molecule has 2 aliphatic rings. The average molecular weight is 445 g/mol. The van der Waals surface area contributed by atoms with E-state index < -0.39 is 41.3 Å². The van der Waals surface area contributed by atoms with Crippen molar-refractivity contribution in [3.05, 3.63) is 0 Å². The van der Waals surface area contributed by atoms with Crippen LogP contribution in [0.1, 0.15) is 52.9 Å². The third kappa shape index (κ3) is 5.87. The van der Waals surface area contributed by atoms with Gasteiger partial charge in [0.05, 0.1) is 17.9 Å². The van der Waals surface area contributed by atoms with Gasteiger partial charge in [-0.15, -0.1) is 11.8 Å². The Hall–Kier alpha value is -1.81. The number of carbonyl (C=O) groups is 4. The van der Waals surface area contributed by atoms with E-state index in [0.717, 1.165) is 37.4 Å². The number of aliphatic carboxylic acids is 2. The molecule has 2 fully saturated rings. The van der Waals surface area contributed by atoms with Crippen LogP contribution in [0.4, 0.5) is 0 Å². The summed E-state index contributed by atoms with van der Waals surface area (Å²) in [7, 11) is 0. The van der Waals surface area contributed by atoms with Crippen LogP contribution in [0.15, 0.2) is 0 Å². The number of amides is 1. The summed E-state index contributed by atoms with van der Waals surface area (Å²) in [5, 5.41) is 21.4. The van der Waals surface area contributed by atoms with Crippen LogP contribution in [0.25, 0.3) is 0 Å². The van der Waals surface area contributed by atoms with Gasteiger partial charge in [0.2, 0.25) is 5.91 Å². The monoisotopic (exact) mass is 444 g/mol. The first-order valence-corrected chi connectivity index (χ1v) is 11.5. The SMILES string of the molecule is CCOC(=O)C(C)SC[C@H](N[C@@H](C)C(=O)N1[C@H](C(=O)O)C[C@@H]2CCCC[C@@H]21)C(=O)O. The van der Waals surface area contributed by atoms with Crippen molar-refractivity contribution in [3.8, 4) is 0 Å². The fourth-order valence-corrected chi connectivity index (χ4v) is 5.28. The third-order valence-electron chi connectivity index (χ3n) is 5.88. The molecule has 0 aromatic carbocycles. The third-order valence-corrected chi connectivity index (χ3v) is 7.10. The smallest absolute Gasteiger partial charge is 0.326 e. The highest BCUT2D eigenvalue weighted by molar-refractivity contribution is 8.00. The van der Waals surface area contributed by atoms with Crippen molar-refractivity contribution in [1.82, 2.24) is 10.2 Å². The number of fused-ring (bicyclic) bond motifs is 1. The molecule has 1 unspecified atom stereocenters. The molecule has 0 bridgehead atoms. The number of rotatable bonds is 10. The van der Waals surface area contributed by atoms with E-state index in [0.29, 0.717) is 6.42 Å². The molecule has 0 spiro atoms. The highest BCUT2D eigenvalue weighted by atomic mass is 32.2. The Morgan fingerprint density at radius 2 is 1.83 bits per heavy atom. The van der Waals surface area contributed by atoms with Crippen molar-refractivity contribution in [2.45, 2.75) is 82.3 Å². The van der Waals surface area contributed by atoms with E-state index in [-0.39, 0.29) is 30.2 Å². The molecule has 0 radical (unpaired) electrons. The second-order valence-corrected chi connectivity index (χ2v) is 9.33. The molecule has 30 heavy (non-hydrogen) atoms. The summed E-state index contributed by atoms with van der Waals surface area (Å²) in [5.74, 6) is -2.69. The van der Waals surface area contributed by atoms with Crippen molar-refractivity contribution < 1.29 is 34.1 Å². The molecular weight excluding hydrogens is 412 g/mol. The maximum atomic E-state index is 13.1. The number of thioether (sulfide) groups is 1. The Morgan fingerprint density at radius 3 is 2.43 bits per heavy atom. The van der Waals surface area contributed by atoms with Crippen molar-refractivity contribution in [3.63, 3.8) is 0 Å². The molecule has 170 valence electrons. The number of carboxylic acids is 2. The van der Waals surface area contributed by atoms with Gasteiger partial charge in [-0.2, -0.15) is 0 Å². The van der Waals surface area contributed by atoms with Gasteiger partial charge in [-0.3, -0.25) is 19.7 Å². The Morgan fingerprint density at radius 1 is 1.17 bits per heavy atom. The molecular formula is C20H32N2O7S. The lowest BCUT2D eigenvalue weighted by Gasteiger charge is -2.35. The lowest BCUT2D eigenvalue weighted by atomic mass is 9.84. The number of carboxylic acid groups (broad SMARTS) is 2. The van der Waals surface area contributed by atoms with Crippen LogP contribution in [-0.4, -0.2) is 80.7 Å². The number of carbonyl (C=O) groups excluding carboxylic acids is 2. The van der Waals surface area contributed by atoms with Crippen LogP contribution < -0.4 is 5.32 Å².